The molecule has 0 spiro atoms. The Morgan fingerprint density at radius 2 is 1.90 bits per heavy atom. The van der Waals surface area contributed by atoms with Crippen molar-refractivity contribution >= 4 is 42.6 Å². The van der Waals surface area contributed by atoms with Crippen LogP contribution in [0, 0.1) is 5.82 Å². The fourth-order valence-corrected chi connectivity index (χ4v) is 5.52. The third-order valence-corrected chi connectivity index (χ3v) is 7.60. The summed E-state index contributed by atoms with van der Waals surface area (Å²) in [5.41, 5.74) is 0.768. The zero-order valence-corrected chi connectivity index (χ0v) is 17.3. The number of thiazole rings is 1. The summed E-state index contributed by atoms with van der Waals surface area (Å²) in [6, 6.07) is 10.1. The SMILES string of the molecule is CN1CCN(S(=O)(=O)c2ccc3nc(NC(=O)c4cccc(F)c4)sc3c2)CC1. The summed E-state index contributed by atoms with van der Waals surface area (Å²) in [6.07, 6.45) is 0. The number of halogens is 1. The van der Waals surface area contributed by atoms with Gasteiger partial charge in [0.05, 0.1) is 15.1 Å². The molecule has 0 unspecified atom stereocenters. The number of benzene rings is 2. The molecular weight excluding hydrogens is 415 g/mol. The van der Waals surface area contributed by atoms with Gasteiger partial charge in [-0.25, -0.2) is 17.8 Å². The molecule has 1 amide bonds. The lowest BCUT2D eigenvalue weighted by Crippen LogP contribution is -2.46. The highest BCUT2D eigenvalue weighted by atomic mass is 32.2. The average molecular weight is 435 g/mol. The Labute approximate surface area is 171 Å². The minimum atomic E-state index is -3.58. The zero-order valence-electron chi connectivity index (χ0n) is 15.6. The number of hydrogen-bond acceptors (Lipinski definition) is 6. The number of anilines is 1. The van der Waals surface area contributed by atoms with E-state index in [9.17, 15) is 17.6 Å². The molecule has 2 heterocycles. The molecule has 1 saturated heterocycles. The number of amides is 1. The Balaban J connectivity index is 1.57. The lowest BCUT2D eigenvalue weighted by Gasteiger charge is -2.31. The van der Waals surface area contributed by atoms with E-state index in [1.165, 1.54) is 39.9 Å². The Hall–Kier alpha value is -2.40. The maximum Gasteiger partial charge on any atom is 0.257 e. The first kappa shape index (κ1) is 19.9. The summed E-state index contributed by atoms with van der Waals surface area (Å²) in [5.74, 6) is -0.977. The van der Waals surface area contributed by atoms with Crippen molar-refractivity contribution < 1.29 is 17.6 Å². The van der Waals surface area contributed by atoms with E-state index in [1.54, 1.807) is 12.1 Å². The van der Waals surface area contributed by atoms with E-state index in [0.29, 0.717) is 41.5 Å². The van der Waals surface area contributed by atoms with E-state index in [1.807, 2.05) is 7.05 Å². The summed E-state index contributed by atoms with van der Waals surface area (Å²) >= 11 is 1.17. The van der Waals surface area contributed by atoms with Crippen LogP contribution in [-0.4, -0.2) is 61.7 Å². The van der Waals surface area contributed by atoms with E-state index in [0.717, 1.165) is 6.07 Å². The molecule has 0 bridgehead atoms. The van der Waals surface area contributed by atoms with Crippen LogP contribution in [0.4, 0.5) is 9.52 Å². The molecule has 3 aromatic rings. The first-order valence-electron chi connectivity index (χ1n) is 8.99. The van der Waals surface area contributed by atoms with Crippen LogP contribution in [0.2, 0.25) is 0 Å². The predicted octanol–water partition coefficient (Wildman–Crippen LogP) is 2.62. The topological polar surface area (TPSA) is 82.6 Å². The quantitative estimate of drug-likeness (QED) is 0.683. The van der Waals surface area contributed by atoms with Gasteiger partial charge in [0.25, 0.3) is 5.91 Å². The lowest BCUT2D eigenvalue weighted by molar-refractivity contribution is 0.102. The van der Waals surface area contributed by atoms with E-state index in [2.05, 4.69) is 15.2 Å². The normalized spacial score (nSPS) is 16.2. The van der Waals surface area contributed by atoms with Crippen molar-refractivity contribution in [3.05, 3.63) is 53.8 Å². The molecule has 10 heteroatoms. The van der Waals surface area contributed by atoms with Crippen molar-refractivity contribution in [2.75, 3.05) is 38.5 Å². The summed E-state index contributed by atoms with van der Waals surface area (Å²) in [7, 11) is -1.62. The maximum absolute atomic E-state index is 13.3. The summed E-state index contributed by atoms with van der Waals surface area (Å²) in [4.78, 5) is 18.9. The molecule has 1 fully saturated rings. The average Bonchev–Trinajstić information content (AvgIpc) is 3.09. The van der Waals surface area contributed by atoms with Gasteiger partial charge in [-0.2, -0.15) is 4.31 Å². The molecule has 0 aliphatic carbocycles. The predicted molar refractivity (Wildman–Crippen MR) is 110 cm³/mol. The Kier molecular flexibility index (Phi) is 5.34. The third-order valence-electron chi connectivity index (χ3n) is 4.77. The first-order valence-corrected chi connectivity index (χ1v) is 11.2. The molecule has 2 aromatic carbocycles. The molecule has 4 rings (SSSR count). The van der Waals surface area contributed by atoms with E-state index < -0.39 is 21.7 Å². The van der Waals surface area contributed by atoms with Gasteiger partial charge in [-0.05, 0) is 43.4 Å². The van der Waals surface area contributed by atoms with Gasteiger partial charge in [0.15, 0.2) is 5.13 Å². The van der Waals surface area contributed by atoms with Crippen LogP contribution in [0.5, 0.6) is 0 Å². The number of sulfonamides is 1. The molecule has 0 radical (unpaired) electrons. The van der Waals surface area contributed by atoms with Crippen LogP contribution in [0.25, 0.3) is 10.2 Å². The molecular formula is C19H19FN4O3S2. The highest BCUT2D eigenvalue weighted by molar-refractivity contribution is 7.89. The number of fused-ring (bicyclic) bond motifs is 1. The molecule has 7 nitrogen and oxygen atoms in total. The number of nitrogens with zero attached hydrogens (tertiary/aromatic N) is 3. The van der Waals surface area contributed by atoms with Crippen molar-refractivity contribution in [2.45, 2.75) is 4.90 Å². The highest BCUT2D eigenvalue weighted by Gasteiger charge is 2.27. The molecule has 1 aromatic heterocycles. The van der Waals surface area contributed by atoms with Gasteiger partial charge in [0.2, 0.25) is 10.0 Å². The molecule has 1 N–H and O–H groups in total. The van der Waals surface area contributed by atoms with Crippen LogP contribution >= 0.6 is 11.3 Å². The fourth-order valence-electron chi connectivity index (χ4n) is 3.10. The van der Waals surface area contributed by atoms with E-state index in [4.69, 9.17) is 0 Å². The zero-order chi connectivity index (χ0) is 20.6. The van der Waals surface area contributed by atoms with Gasteiger partial charge < -0.3 is 4.90 Å². The second-order valence-corrected chi connectivity index (χ2v) is 9.79. The minimum Gasteiger partial charge on any atom is -0.304 e. The Morgan fingerprint density at radius 3 is 2.62 bits per heavy atom. The smallest absolute Gasteiger partial charge is 0.257 e. The Bertz CT molecular complexity index is 1170. The first-order chi connectivity index (χ1) is 13.8. The molecule has 1 aliphatic heterocycles. The van der Waals surface area contributed by atoms with E-state index in [-0.39, 0.29) is 10.5 Å². The second kappa shape index (κ2) is 7.79. The van der Waals surface area contributed by atoms with Gasteiger partial charge >= 0.3 is 0 Å². The molecule has 1 aliphatic rings. The van der Waals surface area contributed by atoms with Crippen LogP contribution in [-0.2, 0) is 10.0 Å². The minimum absolute atomic E-state index is 0.183. The van der Waals surface area contributed by atoms with Crippen molar-refractivity contribution in [1.29, 1.82) is 0 Å². The number of nitrogens with one attached hydrogen (secondary N) is 1. The monoisotopic (exact) mass is 434 g/mol. The second-order valence-electron chi connectivity index (χ2n) is 6.82. The molecule has 0 saturated carbocycles. The summed E-state index contributed by atoms with van der Waals surface area (Å²) in [6.45, 7) is 2.29. The van der Waals surface area contributed by atoms with Crippen molar-refractivity contribution in [2.24, 2.45) is 0 Å². The van der Waals surface area contributed by atoms with Gasteiger partial charge in [0.1, 0.15) is 5.82 Å². The lowest BCUT2D eigenvalue weighted by atomic mass is 10.2. The van der Waals surface area contributed by atoms with Gasteiger partial charge in [-0.15, -0.1) is 0 Å². The van der Waals surface area contributed by atoms with Gasteiger partial charge in [-0.3, -0.25) is 10.1 Å². The number of carbonyl (C=O) groups is 1. The van der Waals surface area contributed by atoms with E-state index >= 15 is 0 Å². The standard InChI is InChI=1S/C19H19FN4O3S2/c1-23-7-9-24(10-8-23)29(26,27)15-5-6-16-17(12-15)28-19(21-16)22-18(25)13-3-2-4-14(20)11-13/h2-6,11-12H,7-10H2,1H3,(H,21,22,25). The number of likely N-dealkylation sites (N-methyl/N-ethyl adjacent to an activating group) is 1. The molecule has 29 heavy (non-hydrogen) atoms. The molecule has 152 valence electrons. The summed E-state index contributed by atoms with van der Waals surface area (Å²) < 4.78 is 41.3. The number of aromatic nitrogens is 1. The van der Waals surface area contributed by atoms with Crippen LogP contribution in [0.3, 0.4) is 0 Å². The van der Waals surface area contributed by atoms with Crippen molar-refractivity contribution in [3.63, 3.8) is 0 Å². The van der Waals surface area contributed by atoms with Gasteiger partial charge in [0, 0.05) is 31.7 Å². The fraction of sp³-hybridized carbons (Fsp3) is 0.263. The van der Waals surface area contributed by atoms with Crippen LogP contribution in [0.1, 0.15) is 10.4 Å². The van der Waals surface area contributed by atoms with Crippen LogP contribution in [0.15, 0.2) is 47.4 Å². The number of piperazine rings is 1. The molecule has 0 atom stereocenters. The highest BCUT2D eigenvalue weighted by Crippen LogP contribution is 2.29. The van der Waals surface area contributed by atoms with Crippen molar-refractivity contribution in [3.8, 4) is 0 Å². The third kappa shape index (κ3) is 4.15. The summed E-state index contributed by atoms with van der Waals surface area (Å²) in [5, 5.41) is 2.96. The van der Waals surface area contributed by atoms with Gasteiger partial charge in [-0.1, -0.05) is 17.4 Å². The van der Waals surface area contributed by atoms with Crippen molar-refractivity contribution in [1.82, 2.24) is 14.2 Å². The largest absolute Gasteiger partial charge is 0.304 e. The van der Waals surface area contributed by atoms with Crippen LogP contribution < -0.4 is 5.32 Å². The Morgan fingerprint density at radius 1 is 1.14 bits per heavy atom. The number of hydrogen-bond donors (Lipinski definition) is 1. The number of carbonyl (C=O) groups excluding carboxylic acids is 1. The number of rotatable bonds is 4. The maximum atomic E-state index is 13.3.